The summed E-state index contributed by atoms with van der Waals surface area (Å²) in [5, 5.41) is 11.5. The minimum absolute atomic E-state index is 0.0718. The van der Waals surface area contributed by atoms with Crippen LogP contribution in [0.3, 0.4) is 0 Å². The Bertz CT molecular complexity index is 472. The van der Waals surface area contributed by atoms with Gasteiger partial charge in [0.1, 0.15) is 11.4 Å². The maximum Gasteiger partial charge on any atom is 0.322 e. The highest BCUT2D eigenvalue weighted by molar-refractivity contribution is 8.02. The van der Waals surface area contributed by atoms with Crippen molar-refractivity contribution in [2.75, 3.05) is 0 Å². The van der Waals surface area contributed by atoms with E-state index >= 15 is 0 Å². The van der Waals surface area contributed by atoms with Crippen molar-refractivity contribution in [1.82, 2.24) is 5.32 Å². The van der Waals surface area contributed by atoms with Crippen LogP contribution in [0.1, 0.15) is 24.2 Å². The third kappa shape index (κ3) is 2.42. The Labute approximate surface area is 110 Å². The molecule has 2 unspecified atom stereocenters. The zero-order chi connectivity index (χ0) is 13.3. The van der Waals surface area contributed by atoms with Gasteiger partial charge >= 0.3 is 5.97 Å². The molecule has 1 heterocycles. The summed E-state index contributed by atoms with van der Waals surface area (Å²) in [6.45, 7) is 3.67. The maximum atomic E-state index is 12.2. The minimum Gasteiger partial charge on any atom is -0.480 e. The fraction of sp³-hybridized carbons (Fsp3) is 0.385. The van der Waals surface area contributed by atoms with Crippen LogP contribution in [0.2, 0.25) is 0 Å². The molecule has 0 radical (unpaired) electrons. The molecule has 0 saturated carbocycles. The van der Waals surface area contributed by atoms with Gasteiger partial charge in [-0.05, 0) is 13.8 Å². The number of carboxylic acids is 1. The van der Waals surface area contributed by atoms with Crippen LogP contribution in [0.15, 0.2) is 30.3 Å². The van der Waals surface area contributed by atoms with E-state index in [-0.39, 0.29) is 5.78 Å². The molecule has 1 aromatic carbocycles. The van der Waals surface area contributed by atoms with Crippen molar-refractivity contribution < 1.29 is 14.7 Å². The number of hydrogen-bond donors (Lipinski definition) is 2. The van der Waals surface area contributed by atoms with Crippen molar-refractivity contribution in [2.45, 2.75) is 30.0 Å². The van der Waals surface area contributed by atoms with Crippen molar-refractivity contribution in [2.24, 2.45) is 0 Å². The fourth-order valence-corrected chi connectivity index (χ4v) is 3.37. The SMILES string of the molecule is CC1(C)SC(C(=O)c2ccccc2)NC1C(=O)O. The molecule has 1 aliphatic heterocycles. The Morgan fingerprint density at radius 2 is 1.89 bits per heavy atom. The van der Waals surface area contributed by atoms with Crippen LogP contribution in [0.5, 0.6) is 0 Å². The van der Waals surface area contributed by atoms with E-state index in [0.29, 0.717) is 5.56 Å². The summed E-state index contributed by atoms with van der Waals surface area (Å²) < 4.78 is -0.499. The van der Waals surface area contributed by atoms with Crippen molar-refractivity contribution >= 4 is 23.5 Å². The summed E-state index contributed by atoms with van der Waals surface area (Å²) in [7, 11) is 0. The van der Waals surface area contributed by atoms with Crippen LogP contribution in [0.4, 0.5) is 0 Å². The van der Waals surface area contributed by atoms with Gasteiger partial charge in [-0.1, -0.05) is 30.3 Å². The Kier molecular flexibility index (Phi) is 3.45. The number of aliphatic carboxylic acids is 1. The van der Waals surface area contributed by atoms with Crippen LogP contribution < -0.4 is 5.32 Å². The first-order valence-electron chi connectivity index (χ1n) is 5.68. The van der Waals surface area contributed by atoms with E-state index in [1.165, 1.54) is 11.8 Å². The normalized spacial score (nSPS) is 25.9. The lowest BCUT2D eigenvalue weighted by Crippen LogP contribution is -2.45. The van der Waals surface area contributed by atoms with Gasteiger partial charge < -0.3 is 5.11 Å². The molecule has 0 aromatic heterocycles. The van der Waals surface area contributed by atoms with E-state index in [2.05, 4.69) is 5.32 Å². The zero-order valence-electron chi connectivity index (χ0n) is 10.2. The summed E-state index contributed by atoms with van der Waals surface area (Å²) in [6, 6.07) is 8.22. The van der Waals surface area contributed by atoms with Gasteiger partial charge in [0, 0.05) is 10.3 Å². The fourth-order valence-electron chi connectivity index (χ4n) is 2.01. The first-order valence-corrected chi connectivity index (χ1v) is 6.56. The molecule has 0 aliphatic carbocycles. The van der Waals surface area contributed by atoms with E-state index in [1.54, 1.807) is 24.3 Å². The lowest BCUT2D eigenvalue weighted by molar-refractivity contribution is -0.139. The zero-order valence-corrected chi connectivity index (χ0v) is 11.0. The predicted molar refractivity (Wildman–Crippen MR) is 70.8 cm³/mol. The minimum atomic E-state index is -0.920. The number of Topliss-reactive ketones (excluding diaryl/α,β-unsaturated/α-hetero) is 1. The highest BCUT2D eigenvalue weighted by Crippen LogP contribution is 2.38. The predicted octanol–water partition coefficient (Wildman–Crippen LogP) is 1.76. The molecule has 1 saturated heterocycles. The molecule has 1 aliphatic rings. The summed E-state index contributed by atoms with van der Waals surface area (Å²) in [5.74, 6) is -0.992. The largest absolute Gasteiger partial charge is 0.480 e. The molecule has 96 valence electrons. The number of ketones is 1. The molecule has 2 rings (SSSR count). The third-order valence-corrected chi connectivity index (χ3v) is 4.41. The number of nitrogens with one attached hydrogen (secondary N) is 1. The first kappa shape index (κ1) is 13.1. The molecule has 1 fully saturated rings. The van der Waals surface area contributed by atoms with Gasteiger partial charge in [-0.2, -0.15) is 0 Å². The molecule has 0 amide bonds. The Morgan fingerprint density at radius 3 is 2.39 bits per heavy atom. The summed E-state index contributed by atoms with van der Waals surface area (Å²) in [5.41, 5.74) is 0.601. The molecular formula is C13H15NO3S. The lowest BCUT2D eigenvalue weighted by atomic mass is 10.0. The van der Waals surface area contributed by atoms with Gasteiger partial charge in [-0.15, -0.1) is 11.8 Å². The van der Waals surface area contributed by atoms with E-state index in [1.807, 2.05) is 19.9 Å². The molecule has 4 nitrogen and oxygen atoms in total. The summed E-state index contributed by atoms with van der Waals surface area (Å²) >= 11 is 1.37. The van der Waals surface area contributed by atoms with Crippen molar-refractivity contribution in [3.05, 3.63) is 35.9 Å². The highest BCUT2D eigenvalue weighted by Gasteiger charge is 2.47. The molecule has 2 atom stereocenters. The van der Waals surface area contributed by atoms with Gasteiger partial charge in [0.25, 0.3) is 0 Å². The van der Waals surface area contributed by atoms with Gasteiger partial charge in [-0.3, -0.25) is 14.9 Å². The first-order chi connectivity index (χ1) is 8.42. The number of carbonyl (C=O) groups excluding carboxylic acids is 1. The van der Waals surface area contributed by atoms with E-state index < -0.39 is 22.1 Å². The van der Waals surface area contributed by atoms with E-state index in [9.17, 15) is 9.59 Å². The van der Waals surface area contributed by atoms with Crippen LogP contribution in [0.25, 0.3) is 0 Å². The number of carbonyl (C=O) groups is 2. The molecule has 0 bridgehead atoms. The van der Waals surface area contributed by atoms with Gasteiger partial charge in [0.05, 0.1) is 0 Å². The molecule has 5 heteroatoms. The van der Waals surface area contributed by atoms with Crippen molar-refractivity contribution in [3.63, 3.8) is 0 Å². The van der Waals surface area contributed by atoms with Crippen molar-refractivity contribution in [1.29, 1.82) is 0 Å². The molecule has 1 aromatic rings. The molecule has 18 heavy (non-hydrogen) atoms. The second kappa shape index (κ2) is 4.74. The van der Waals surface area contributed by atoms with Crippen LogP contribution >= 0.6 is 11.8 Å². The summed E-state index contributed by atoms with van der Waals surface area (Å²) in [6.07, 6.45) is 0. The number of hydrogen-bond acceptors (Lipinski definition) is 4. The topological polar surface area (TPSA) is 66.4 Å². The second-order valence-electron chi connectivity index (χ2n) is 4.77. The second-order valence-corrected chi connectivity index (χ2v) is 6.53. The monoisotopic (exact) mass is 265 g/mol. The van der Waals surface area contributed by atoms with Crippen molar-refractivity contribution in [3.8, 4) is 0 Å². The quantitative estimate of drug-likeness (QED) is 0.815. The lowest BCUT2D eigenvalue weighted by Gasteiger charge is -2.20. The number of rotatable bonds is 3. The Morgan fingerprint density at radius 1 is 1.28 bits per heavy atom. The van der Waals surface area contributed by atoms with Gasteiger partial charge in [-0.25, -0.2) is 0 Å². The van der Waals surface area contributed by atoms with E-state index in [4.69, 9.17) is 5.11 Å². The average Bonchev–Trinajstić information content (AvgIpc) is 2.65. The highest BCUT2D eigenvalue weighted by atomic mass is 32.2. The average molecular weight is 265 g/mol. The van der Waals surface area contributed by atoms with Gasteiger partial charge in [0.2, 0.25) is 0 Å². The van der Waals surface area contributed by atoms with Crippen LogP contribution in [-0.2, 0) is 4.79 Å². The maximum absolute atomic E-state index is 12.2. The number of thioether (sulfide) groups is 1. The third-order valence-electron chi connectivity index (χ3n) is 2.98. The standard InChI is InChI=1S/C13H15NO3S/c1-13(2)10(12(16)17)14-11(18-13)9(15)8-6-4-3-5-7-8/h3-7,10-11,14H,1-2H3,(H,16,17). The summed E-state index contributed by atoms with van der Waals surface area (Å²) in [4.78, 5) is 23.4. The molecule has 0 spiro atoms. The van der Waals surface area contributed by atoms with E-state index in [0.717, 1.165) is 0 Å². The smallest absolute Gasteiger partial charge is 0.322 e. The van der Waals surface area contributed by atoms with Gasteiger partial charge in [0.15, 0.2) is 5.78 Å². The van der Waals surface area contributed by atoms with Crippen LogP contribution in [0, 0.1) is 0 Å². The molecular weight excluding hydrogens is 250 g/mol. The molecule has 2 N–H and O–H groups in total. The number of benzene rings is 1. The Balaban J connectivity index is 2.18. The van der Waals surface area contributed by atoms with Crippen LogP contribution in [-0.4, -0.2) is 33.0 Å². The number of carboxylic acid groups (broad SMARTS) is 1. The Hall–Kier alpha value is -1.33.